The highest BCUT2D eigenvalue weighted by Gasteiger charge is 2.19. The number of methoxy groups -OCH3 is 1. The van der Waals surface area contributed by atoms with Crippen LogP contribution >= 0.6 is 0 Å². The van der Waals surface area contributed by atoms with Crippen molar-refractivity contribution in [3.05, 3.63) is 94.8 Å². The number of hydrogen-bond donors (Lipinski definition) is 2. The summed E-state index contributed by atoms with van der Waals surface area (Å²) in [6.45, 7) is 0.231. The number of H-pyrrole nitrogens is 1. The molecule has 162 valence electrons. The van der Waals surface area contributed by atoms with Crippen molar-refractivity contribution in [2.24, 2.45) is 0 Å². The van der Waals surface area contributed by atoms with Crippen LogP contribution in [0.25, 0.3) is 0 Å². The fraction of sp³-hybridized carbons (Fsp3) is 0.217. The van der Waals surface area contributed by atoms with E-state index in [0.29, 0.717) is 0 Å². The second kappa shape index (κ2) is 10.5. The molecule has 0 saturated carbocycles. The Labute approximate surface area is 178 Å². The number of benzene rings is 2. The predicted molar refractivity (Wildman–Crippen MR) is 110 cm³/mol. The normalized spacial score (nSPS) is 11.7. The molecule has 8 heteroatoms. The smallest absolute Gasteiger partial charge is 0.355 e. The molecule has 1 atom stereocenters. The Hall–Kier alpha value is -3.52. The van der Waals surface area contributed by atoms with E-state index in [1.165, 1.54) is 25.3 Å². The number of carbonyl (C=O) groups excluding carboxylic acids is 2. The monoisotopic (exact) mass is 428 g/mol. The van der Waals surface area contributed by atoms with Gasteiger partial charge in [0.2, 0.25) is 0 Å². The maximum atomic E-state index is 13.9. The molecule has 31 heavy (non-hydrogen) atoms. The molecular weight excluding hydrogens is 406 g/mol. The van der Waals surface area contributed by atoms with Crippen LogP contribution in [0.4, 0.5) is 8.78 Å². The topological polar surface area (TPSA) is 80.4 Å². The molecule has 3 rings (SSSR count). The van der Waals surface area contributed by atoms with Gasteiger partial charge in [-0.3, -0.25) is 4.79 Å². The van der Waals surface area contributed by atoms with E-state index in [9.17, 15) is 18.4 Å². The lowest BCUT2D eigenvalue weighted by molar-refractivity contribution is 0.0466. The number of esters is 1. The molecule has 0 fully saturated rings. The molecule has 1 amide bonds. The maximum Gasteiger partial charge on any atom is 0.355 e. The van der Waals surface area contributed by atoms with E-state index in [4.69, 9.17) is 9.47 Å². The van der Waals surface area contributed by atoms with Crippen LogP contribution in [-0.4, -0.2) is 36.6 Å². The van der Waals surface area contributed by atoms with Crippen LogP contribution in [0, 0.1) is 11.6 Å². The minimum Gasteiger partial charge on any atom is -0.456 e. The fourth-order valence-electron chi connectivity index (χ4n) is 3.02. The first-order valence-corrected chi connectivity index (χ1v) is 9.60. The number of nitrogens with one attached hydrogen (secondary N) is 2. The standard InChI is InChI=1S/C23H22F2N2O4/c1-30-14-18(11-16-7-8-17(24)12-19(16)25)26-22(28)20-9-10-21(27-20)23(29)31-13-15-5-3-2-4-6-15/h2-10,12,18,27H,11,13-14H2,1H3,(H,26,28). The highest BCUT2D eigenvalue weighted by Crippen LogP contribution is 2.13. The van der Waals surface area contributed by atoms with E-state index in [0.717, 1.165) is 17.7 Å². The molecule has 0 bridgehead atoms. The van der Waals surface area contributed by atoms with Crippen molar-refractivity contribution in [3.8, 4) is 0 Å². The summed E-state index contributed by atoms with van der Waals surface area (Å²) >= 11 is 0. The van der Waals surface area contributed by atoms with Gasteiger partial charge in [0.05, 0.1) is 12.6 Å². The number of amides is 1. The molecule has 1 aromatic heterocycles. The number of aromatic nitrogens is 1. The molecular formula is C23H22F2N2O4. The van der Waals surface area contributed by atoms with Crippen molar-refractivity contribution >= 4 is 11.9 Å². The van der Waals surface area contributed by atoms with Crippen molar-refractivity contribution < 1.29 is 27.8 Å². The van der Waals surface area contributed by atoms with Gasteiger partial charge in [0.1, 0.15) is 29.6 Å². The average molecular weight is 428 g/mol. The van der Waals surface area contributed by atoms with E-state index >= 15 is 0 Å². The van der Waals surface area contributed by atoms with Crippen LogP contribution < -0.4 is 5.32 Å². The summed E-state index contributed by atoms with van der Waals surface area (Å²) in [6.07, 6.45) is 0.110. The van der Waals surface area contributed by atoms with Crippen molar-refractivity contribution in [2.45, 2.75) is 19.1 Å². The quantitative estimate of drug-likeness (QED) is 0.510. The van der Waals surface area contributed by atoms with Crippen LogP contribution in [0.5, 0.6) is 0 Å². The van der Waals surface area contributed by atoms with Gasteiger partial charge in [0.15, 0.2) is 0 Å². The fourth-order valence-corrected chi connectivity index (χ4v) is 3.02. The van der Waals surface area contributed by atoms with Crippen molar-refractivity contribution in [3.63, 3.8) is 0 Å². The summed E-state index contributed by atoms with van der Waals surface area (Å²) in [5.74, 6) is -2.46. The number of aromatic amines is 1. The van der Waals surface area contributed by atoms with E-state index in [2.05, 4.69) is 10.3 Å². The van der Waals surface area contributed by atoms with E-state index in [1.54, 1.807) is 0 Å². The lowest BCUT2D eigenvalue weighted by Gasteiger charge is -2.18. The van der Waals surface area contributed by atoms with E-state index in [-0.39, 0.29) is 36.6 Å². The van der Waals surface area contributed by atoms with Crippen LogP contribution in [-0.2, 0) is 22.5 Å². The Morgan fingerprint density at radius 3 is 2.48 bits per heavy atom. The second-order valence-corrected chi connectivity index (χ2v) is 6.91. The Morgan fingerprint density at radius 1 is 1.03 bits per heavy atom. The van der Waals surface area contributed by atoms with Crippen LogP contribution in [0.15, 0.2) is 60.7 Å². The van der Waals surface area contributed by atoms with Gasteiger partial charge in [-0.1, -0.05) is 36.4 Å². The number of carbonyl (C=O) groups is 2. The molecule has 0 aliphatic heterocycles. The minimum atomic E-state index is -0.696. The predicted octanol–water partition coefficient (Wildman–Crippen LogP) is 3.64. The highest BCUT2D eigenvalue weighted by molar-refractivity contribution is 5.95. The lowest BCUT2D eigenvalue weighted by atomic mass is 10.1. The summed E-state index contributed by atoms with van der Waals surface area (Å²) in [5, 5.41) is 2.73. The Bertz CT molecular complexity index is 1040. The number of halogens is 2. The molecule has 0 aliphatic rings. The first-order chi connectivity index (χ1) is 15.0. The van der Waals surface area contributed by atoms with E-state index in [1.807, 2.05) is 30.3 Å². The van der Waals surface area contributed by atoms with Crippen molar-refractivity contribution in [1.82, 2.24) is 10.3 Å². The zero-order chi connectivity index (χ0) is 22.2. The summed E-state index contributed by atoms with van der Waals surface area (Å²) in [6, 6.07) is 14.8. The average Bonchev–Trinajstić information content (AvgIpc) is 3.25. The number of hydrogen-bond acceptors (Lipinski definition) is 4. The third kappa shape index (κ3) is 6.23. The highest BCUT2D eigenvalue weighted by atomic mass is 19.1. The van der Waals surface area contributed by atoms with Gasteiger partial charge in [0.25, 0.3) is 5.91 Å². The first-order valence-electron chi connectivity index (χ1n) is 9.60. The molecule has 0 aliphatic carbocycles. The largest absolute Gasteiger partial charge is 0.456 e. The van der Waals surface area contributed by atoms with Gasteiger partial charge in [-0.05, 0) is 35.7 Å². The van der Waals surface area contributed by atoms with E-state index < -0.39 is 29.6 Å². The van der Waals surface area contributed by atoms with Gasteiger partial charge in [-0.15, -0.1) is 0 Å². The van der Waals surface area contributed by atoms with Crippen LogP contribution in [0.1, 0.15) is 32.1 Å². The third-order valence-electron chi connectivity index (χ3n) is 4.55. The molecule has 6 nitrogen and oxygen atoms in total. The summed E-state index contributed by atoms with van der Waals surface area (Å²) in [5.41, 5.74) is 1.37. The molecule has 0 saturated heterocycles. The van der Waals surface area contributed by atoms with Crippen molar-refractivity contribution in [2.75, 3.05) is 13.7 Å². The lowest BCUT2D eigenvalue weighted by Crippen LogP contribution is -2.40. The Morgan fingerprint density at radius 2 is 1.77 bits per heavy atom. The van der Waals surface area contributed by atoms with Crippen LogP contribution in [0.2, 0.25) is 0 Å². The maximum absolute atomic E-state index is 13.9. The molecule has 3 aromatic rings. The molecule has 1 heterocycles. The molecule has 0 spiro atoms. The summed E-state index contributed by atoms with van der Waals surface area (Å²) in [4.78, 5) is 27.5. The molecule has 1 unspecified atom stereocenters. The van der Waals surface area contributed by atoms with Gasteiger partial charge in [-0.2, -0.15) is 0 Å². The summed E-state index contributed by atoms with van der Waals surface area (Å²) in [7, 11) is 1.45. The third-order valence-corrected chi connectivity index (χ3v) is 4.55. The Balaban J connectivity index is 1.60. The second-order valence-electron chi connectivity index (χ2n) is 6.91. The van der Waals surface area contributed by atoms with Crippen molar-refractivity contribution in [1.29, 1.82) is 0 Å². The zero-order valence-electron chi connectivity index (χ0n) is 16.9. The van der Waals surface area contributed by atoms with Gasteiger partial charge >= 0.3 is 5.97 Å². The molecule has 2 N–H and O–H groups in total. The first kappa shape index (κ1) is 22.2. The van der Waals surface area contributed by atoms with Gasteiger partial charge in [0, 0.05) is 13.2 Å². The summed E-state index contributed by atoms with van der Waals surface area (Å²) < 4.78 is 37.4. The zero-order valence-corrected chi connectivity index (χ0v) is 16.9. The van der Waals surface area contributed by atoms with Gasteiger partial charge in [-0.25, -0.2) is 13.6 Å². The molecule has 0 radical (unpaired) electrons. The minimum absolute atomic E-state index is 0.110. The van der Waals surface area contributed by atoms with Crippen LogP contribution in [0.3, 0.4) is 0 Å². The number of ether oxygens (including phenoxy) is 2. The Kier molecular flexibility index (Phi) is 7.50. The molecule has 2 aromatic carbocycles. The number of rotatable bonds is 9. The van der Waals surface area contributed by atoms with Gasteiger partial charge < -0.3 is 19.8 Å². The SMILES string of the molecule is COCC(Cc1ccc(F)cc1F)NC(=O)c1ccc(C(=O)OCc2ccccc2)[nH]1.